The van der Waals surface area contributed by atoms with Gasteiger partial charge in [-0.3, -0.25) is 0 Å². The molecule has 5 nitrogen and oxygen atoms in total. The summed E-state index contributed by atoms with van der Waals surface area (Å²) in [7, 11) is 0. The summed E-state index contributed by atoms with van der Waals surface area (Å²) in [6.07, 6.45) is -0.396. The van der Waals surface area contributed by atoms with Gasteiger partial charge in [-0.25, -0.2) is 9.98 Å². The minimum absolute atomic E-state index is 0.396. The van der Waals surface area contributed by atoms with E-state index in [2.05, 4.69) is 203 Å². The first-order valence-electron chi connectivity index (χ1n) is 21.1. The summed E-state index contributed by atoms with van der Waals surface area (Å²) in [5.41, 5.74) is 14.4. The number of nitrogens with zero attached hydrogens (tertiary/aromatic N) is 4. The predicted octanol–water partition coefficient (Wildman–Crippen LogP) is 13.7. The number of hydrogen-bond donors (Lipinski definition) is 1. The number of aromatic nitrogens is 2. The van der Waals surface area contributed by atoms with E-state index in [0.717, 1.165) is 56.1 Å². The predicted molar refractivity (Wildman–Crippen MR) is 258 cm³/mol. The zero-order valence-electron chi connectivity index (χ0n) is 33.7. The molecule has 0 spiro atoms. The first-order valence-corrected chi connectivity index (χ1v) is 21.1. The van der Waals surface area contributed by atoms with Crippen LogP contribution in [0.3, 0.4) is 0 Å². The average Bonchev–Trinajstić information content (AvgIpc) is 3.87. The molecule has 0 amide bonds. The highest BCUT2D eigenvalue weighted by Crippen LogP contribution is 2.41. The number of fused-ring (bicyclic) bond motifs is 6. The van der Waals surface area contributed by atoms with E-state index in [-0.39, 0.29) is 0 Å². The maximum Gasteiger partial charge on any atom is 0.159 e. The van der Waals surface area contributed by atoms with Crippen molar-refractivity contribution in [1.82, 2.24) is 14.5 Å². The van der Waals surface area contributed by atoms with Crippen LogP contribution in [0.2, 0.25) is 0 Å². The van der Waals surface area contributed by atoms with Gasteiger partial charge in [0, 0.05) is 43.9 Å². The first-order chi connectivity index (χ1) is 30.7. The highest BCUT2D eigenvalue weighted by Gasteiger charge is 2.24. The molecule has 2 aromatic heterocycles. The van der Waals surface area contributed by atoms with Crippen LogP contribution in [0, 0.1) is 0 Å². The van der Waals surface area contributed by atoms with Gasteiger partial charge in [0.2, 0.25) is 0 Å². The monoisotopic (exact) mass is 793 g/mol. The van der Waals surface area contributed by atoms with Crippen LogP contribution in [-0.4, -0.2) is 20.8 Å². The third kappa shape index (κ3) is 6.02. The molecule has 0 fully saturated rings. The lowest BCUT2D eigenvalue weighted by Gasteiger charge is -2.25. The summed E-state index contributed by atoms with van der Waals surface area (Å²) < 4.78 is 4.88. The van der Waals surface area contributed by atoms with Crippen LogP contribution in [-0.2, 0) is 0 Å². The van der Waals surface area contributed by atoms with Crippen LogP contribution >= 0.6 is 0 Å². The second-order valence-corrected chi connectivity index (χ2v) is 15.8. The van der Waals surface area contributed by atoms with Crippen molar-refractivity contribution >= 4 is 55.3 Å². The normalized spacial score (nSPS) is 14.0. The number of hydrogen-bond acceptors (Lipinski definition) is 3. The van der Waals surface area contributed by atoms with Gasteiger partial charge in [-0.15, -0.1) is 0 Å². The van der Waals surface area contributed by atoms with E-state index in [1.807, 2.05) is 36.4 Å². The number of rotatable bonds is 7. The molecule has 0 saturated carbocycles. The van der Waals surface area contributed by atoms with E-state index in [1.165, 1.54) is 43.7 Å². The SMILES string of the molecule is c1ccc(C2=NC(c3ccc(-c4ccccc4)c(-n4c5ccc(-c6ccccc6)cc5c5ccc(-n6c7ccccc7c7ccccc76)cc54)c3)NC(c3ccccc3)=N2)cc1. The third-order valence-electron chi connectivity index (χ3n) is 12.2. The van der Waals surface area contributed by atoms with E-state index in [0.29, 0.717) is 5.84 Å². The molecule has 0 aliphatic carbocycles. The quantitative estimate of drug-likeness (QED) is 0.172. The molecule has 1 unspecified atom stereocenters. The average molecular weight is 794 g/mol. The Hall–Kier alpha value is -8.28. The fourth-order valence-corrected chi connectivity index (χ4v) is 9.26. The molecule has 0 bridgehead atoms. The Morgan fingerprint density at radius 1 is 0.371 bits per heavy atom. The summed E-state index contributed by atoms with van der Waals surface area (Å²) >= 11 is 0. The van der Waals surface area contributed by atoms with Crippen LogP contribution in [0.5, 0.6) is 0 Å². The molecular formula is C57H39N5. The Labute approximate surface area is 359 Å². The molecule has 5 heteroatoms. The van der Waals surface area contributed by atoms with Crippen molar-refractivity contribution in [2.45, 2.75) is 6.17 Å². The summed E-state index contributed by atoms with van der Waals surface area (Å²) in [5.74, 6) is 1.49. The molecule has 11 aromatic rings. The minimum Gasteiger partial charge on any atom is -0.344 e. The van der Waals surface area contributed by atoms with Crippen LogP contribution in [0.15, 0.2) is 234 Å². The molecule has 62 heavy (non-hydrogen) atoms. The van der Waals surface area contributed by atoms with Gasteiger partial charge in [-0.05, 0) is 64.7 Å². The molecule has 292 valence electrons. The standard InChI is InChI=1S/C57H39N5/c1-5-17-38(18-6-1)42-30-34-52-49(35-42)48-33-31-44(61-50-27-15-13-25-46(50)47-26-14-16-28-51(47)61)37-54(48)62(52)53-36-43(29-32-45(53)39-19-7-2-8-20-39)57-59-55(40-21-9-3-10-22-40)58-56(60-57)41-23-11-4-12-24-41/h1-37,57H,(H,58,59,60). The van der Waals surface area contributed by atoms with Crippen LogP contribution in [0.4, 0.5) is 0 Å². The Morgan fingerprint density at radius 3 is 1.61 bits per heavy atom. The van der Waals surface area contributed by atoms with Crippen molar-refractivity contribution in [3.63, 3.8) is 0 Å². The lowest BCUT2D eigenvalue weighted by molar-refractivity contribution is 0.674. The number of aliphatic imine (C=N–C) groups is 2. The van der Waals surface area contributed by atoms with E-state index < -0.39 is 6.17 Å². The van der Waals surface area contributed by atoms with Crippen molar-refractivity contribution in [2.75, 3.05) is 0 Å². The number of para-hydroxylation sites is 2. The summed E-state index contributed by atoms with van der Waals surface area (Å²) in [6, 6.07) is 80.1. The van der Waals surface area contributed by atoms with Crippen LogP contribution < -0.4 is 5.32 Å². The summed E-state index contributed by atoms with van der Waals surface area (Å²) in [6.45, 7) is 0. The molecular weight excluding hydrogens is 755 g/mol. The zero-order chi connectivity index (χ0) is 41.0. The second-order valence-electron chi connectivity index (χ2n) is 15.8. The van der Waals surface area contributed by atoms with E-state index >= 15 is 0 Å². The van der Waals surface area contributed by atoms with Crippen molar-refractivity contribution < 1.29 is 0 Å². The number of nitrogens with one attached hydrogen (secondary N) is 1. The molecule has 9 aromatic carbocycles. The maximum atomic E-state index is 5.30. The minimum atomic E-state index is -0.396. The van der Waals surface area contributed by atoms with Gasteiger partial charge in [-0.1, -0.05) is 182 Å². The fraction of sp³-hybridized carbons (Fsp3) is 0.0175. The van der Waals surface area contributed by atoms with Gasteiger partial charge < -0.3 is 14.5 Å². The molecule has 1 N–H and O–H groups in total. The maximum absolute atomic E-state index is 5.30. The van der Waals surface area contributed by atoms with E-state index in [1.54, 1.807) is 0 Å². The largest absolute Gasteiger partial charge is 0.344 e. The lowest BCUT2D eigenvalue weighted by Crippen LogP contribution is -2.33. The van der Waals surface area contributed by atoms with Gasteiger partial charge in [0.1, 0.15) is 12.0 Å². The van der Waals surface area contributed by atoms with E-state index in [4.69, 9.17) is 9.98 Å². The van der Waals surface area contributed by atoms with Crippen LogP contribution in [0.1, 0.15) is 22.9 Å². The molecule has 12 rings (SSSR count). The topological polar surface area (TPSA) is 46.6 Å². The number of amidine groups is 2. The van der Waals surface area contributed by atoms with Gasteiger partial charge in [0.15, 0.2) is 5.84 Å². The van der Waals surface area contributed by atoms with Gasteiger partial charge in [-0.2, -0.15) is 0 Å². The Morgan fingerprint density at radius 2 is 0.935 bits per heavy atom. The lowest BCUT2D eigenvalue weighted by atomic mass is 9.99. The Kier molecular flexibility index (Phi) is 8.49. The molecule has 1 aliphatic rings. The molecule has 3 heterocycles. The number of benzene rings is 9. The van der Waals surface area contributed by atoms with Crippen molar-refractivity contribution in [1.29, 1.82) is 0 Å². The van der Waals surface area contributed by atoms with Gasteiger partial charge >= 0.3 is 0 Å². The Balaban J connectivity index is 1.13. The van der Waals surface area contributed by atoms with Crippen molar-refractivity contribution in [2.24, 2.45) is 9.98 Å². The third-order valence-corrected chi connectivity index (χ3v) is 12.2. The summed E-state index contributed by atoms with van der Waals surface area (Å²) in [4.78, 5) is 10.4. The van der Waals surface area contributed by atoms with Gasteiger partial charge in [0.25, 0.3) is 0 Å². The van der Waals surface area contributed by atoms with Gasteiger partial charge in [0.05, 0.1) is 27.8 Å². The molecule has 1 aliphatic heterocycles. The molecule has 1 atom stereocenters. The second kappa shape index (κ2) is 14.8. The highest BCUT2D eigenvalue weighted by atomic mass is 15.2. The van der Waals surface area contributed by atoms with Crippen molar-refractivity contribution in [3.05, 3.63) is 241 Å². The Bertz CT molecular complexity index is 3470. The fourth-order valence-electron chi connectivity index (χ4n) is 9.26. The smallest absolute Gasteiger partial charge is 0.159 e. The molecule has 0 saturated heterocycles. The van der Waals surface area contributed by atoms with E-state index in [9.17, 15) is 0 Å². The van der Waals surface area contributed by atoms with Crippen LogP contribution in [0.25, 0.3) is 77.2 Å². The highest BCUT2D eigenvalue weighted by molar-refractivity contribution is 6.14. The van der Waals surface area contributed by atoms with Crippen molar-refractivity contribution in [3.8, 4) is 33.6 Å². The zero-order valence-corrected chi connectivity index (χ0v) is 33.7. The summed E-state index contributed by atoms with van der Waals surface area (Å²) in [5, 5.41) is 8.59. The first kappa shape index (κ1) is 35.6. The molecule has 0 radical (unpaired) electrons.